The summed E-state index contributed by atoms with van der Waals surface area (Å²) in [7, 11) is 0. The molecular formula is C29H41Cl2F3N4O2. The van der Waals surface area contributed by atoms with Gasteiger partial charge in [0, 0.05) is 43.2 Å². The highest BCUT2D eigenvalue weighted by Gasteiger charge is 2.38. The summed E-state index contributed by atoms with van der Waals surface area (Å²) >= 11 is 13.1. The molecule has 0 radical (unpaired) electrons. The minimum atomic E-state index is -4.60. The highest BCUT2D eigenvalue weighted by Crippen LogP contribution is 2.35. The van der Waals surface area contributed by atoms with Crippen molar-refractivity contribution in [3.63, 3.8) is 0 Å². The van der Waals surface area contributed by atoms with E-state index in [1.807, 2.05) is 18.2 Å². The quantitative estimate of drug-likeness (QED) is 0.278. The van der Waals surface area contributed by atoms with Crippen LogP contribution in [-0.2, 0) is 11.2 Å². The second kappa shape index (κ2) is 14.0. The van der Waals surface area contributed by atoms with Crippen molar-refractivity contribution in [3.05, 3.63) is 40.1 Å². The van der Waals surface area contributed by atoms with E-state index in [1.165, 1.54) is 0 Å². The van der Waals surface area contributed by atoms with Crippen molar-refractivity contribution in [2.45, 2.75) is 90.1 Å². The van der Waals surface area contributed by atoms with Gasteiger partial charge in [-0.2, -0.15) is 13.2 Å². The molecule has 224 valence electrons. The monoisotopic (exact) mass is 604 g/mol. The van der Waals surface area contributed by atoms with E-state index in [2.05, 4.69) is 29.5 Å². The zero-order valence-corrected chi connectivity index (χ0v) is 23.8. The summed E-state index contributed by atoms with van der Waals surface area (Å²) < 4.78 is 43.5. The third-order valence-corrected chi connectivity index (χ3v) is 8.31. The van der Waals surface area contributed by atoms with E-state index in [0.717, 1.165) is 75.2 Å². The summed E-state index contributed by atoms with van der Waals surface area (Å²) in [6.45, 7) is 5.31. The maximum Gasteiger partial charge on any atom is 0.415 e. The lowest BCUT2D eigenvalue weighted by atomic mass is 9.83. The number of aliphatic hydroxyl groups excluding tert-OH is 1. The average Bonchev–Trinajstić information content (AvgIpc) is 2.88. The van der Waals surface area contributed by atoms with Gasteiger partial charge in [0.1, 0.15) is 5.82 Å². The molecule has 0 aromatic carbocycles. The molecule has 3 N–H and O–H groups in total. The predicted molar refractivity (Wildman–Crippen MR) is 155 cm³/mol. The molecule has 0 spiro atoms. The molecule has 1 saturated carbocycles. The number of nitrogens with one attached hydrogen (secondary N) is 2. The number of nitrogens with zero attached hydrogens (tertiary/aromatic N) is 2. The van der Waals surface area contributed by atoms with Crippen LogP contribution in [0.2, 0.25) is 10.0 Å². The van der Waals surface area contributed by atoms with Crippen LogP contribution in [0.3, 0.4) is 0 Å². The molecule has 3 heterocycles. The van der Waals surface area contributed by atoms with Gasteiger partial charge in [0.25, 0.3) is 0 Å². The maximum atomic E-state index is 12.6. The minimum absolute atomic E-state index is 0. The number of aromatic nitrogens is 2. The van der Waals surface area contributed by atoms with Gasteiger partial charge in [-0.1, -0.05) is 30.6 Å². The SMILES string of the molecule is C.CC1(C)CC(CNc2ccc(Cl)c(-c3cc(CC4CCC(NC[C@H](O)C(F)(F)F)CC4)ncc3Cl)n2)CCO1. The zero-order chi connectivity index (χ0) is 28.2. The maximum absolute atomic E-state index is 12.6. The molecule has 4 rings (SSSR count). The Balaban J connectivity index is 0.00000441. The van der Waals surface area contributed by atoms with Crippen molar-refractivity contribution in [1.29, 1.82) is 0 Å². The summed E-state index contributed by atoms with van der Waals surface area (Å²) in [5.41, 5.74) is 2.08. The van der Waals surface area contributed by atoms with E-state index < -0.39 is 18.8 Å². The van der Waals surface area contributed by atoms with Crippen molar-refractivity contribution in [2.75, 3.05) is 25.0 Å². The van der Waals surface area contributed by atoms with Crippen molar-refractivity contribution in [3.8, 4) is 11.3 Å². The van der Waals surface area contributed by atoms with Crippen LogP contribution in [-0.4, -0.2) is 58.7 Å². The summed E-state index contributed by atoms with van der Waals surface area (Å²) in [5, 5.41) is 16.5. The average molecular weight is 606 g/mol. The molecule has 2 aliphatic rings. The van der Waals surface area contributed by atoms with Crippen molar-refractivity contribution in [2.24, 2.45) is 11.8 Å². The summed E-state index contributed by atoms with van der Waals surface area (Å²) in [6, 6.07) is 5.59. The molecular weight excluding hydrogens is 564 g/mol. The van der Waals surface area contributed by atoms with Crippen LogP contribution in [0.1, 0.15) is 65.5 Å². The number of aliphatic hydroxyl groups is 1. The Hall–Kier alpha value is -1.65. The Labute approximate surface area is 245 Å². The Kier molecular flexibility index (Phi) is 11.5. The number of halogens is 5. The van der Waals surface area contributed by atoms with Crippen LogP contribution in [0.4, 0.5) is 19.0 Å². The van der Waals surface area contributed by atoms with Gasteiger partial charge in [0.15, 0.2) is 6.10 Å². The lowest BCUT2D eigenvalue weighted by Gasteiger charge is -2.35. The van der Waals surface area contributed by atoms with Gasteiger partial charge < -0.3 is 20.5 Å². The highest BCUT2D eigenvalue weighted by molar-refractivity contribution is 6.36. The van der Waals surface area contributed by atoms with E-state index in [0.29, 0.717) is 27.6 Å². The Morgan fingerprint density at radius 2 is 1.82 bits per heavy atom. The van der Waals surface area contributed by atoms with Crippen molar-refractivity contribution >= 4 is 29.0 Å². The topological polar surface area (TPSA) is 79.3 Å². The molecule has 2 fully saturated rings. The zero-order valence-electron chi connectivity index (χ0n) is 22.3. The van der Waals surface area contributed by atoms with Crippen LogP contribution in [0.5, 0.6) is 0 Å². The highest BCUT2D eigenvalue weighted by atomic mass is 35.5. The summed E-state index contributed by atoms with van der Waals surface area (Å²) in [5.74, 6) is 1.58. The second-order valence-corrected chi connectivity index (χ2v) is 12.2. The van der Waals surface area contributed by atoms with E-state index in [4.69, 9.17) is 32.9 Å². The largest absolute Gasteiger partial charge is 0.415 e. The van der Waals surface area contributed by atoms with E-state index in [9.17, 15) is 18.3 Å². The lowest BCUT2D eigenvalue weighted by Crippen LogP contribution is -2.43. The molecule has 40 heavy (non-hydrogen) atoms. The number of anilines is 1. The smallest absolute Gasteiger partial charge is 0.382 e. The molecule has 11 heteroatoms. The van der Waals surface area contributed by atoms with E-state index in [1.54, 1.807) is 6.20 Å². The van der Waals surface area contributed by atoms with Crippen LogP contribution in [0.25, 0.3) is 11.3 Å². The first kappa shape index (κ1) is 32.9. The first-order valence-corrected chi connectivity index (χ1v) is 14.3. The molecule has 0 amide bonds. The number of hydrogen-bond acceptors (Lipinski definition) is 6. The summed E-state index contributed by atoms with van der Waals surface area (Å²) in [6.07, 6.45) is 0.630. The normalized spacial score (nSPS) is 23.8. The van der Waals surface area contributed by atoms with Gasteiger partial charge in [-0.05, 0) is 88.8 Å². The third kappa shape index (κ3) is 9.18. The molecule has 1 unspecified atom stereocenters. The fraction of sp³-hybridized carbons (Fsp3) is 0.655. The van der Waals surface area contributed by atoms with Gasteiger partial charge >= 0.3 is 6.18 Å². The number of pyridine rings is 2. The fourth-order valence-corrected chi connectivity index (χ4v) is 5.95. The Bertz CT molecular complexity index is 1110. The number of alkyl halides is 3. The van der Waals surface area contributed by atoms with Gasteiger partial charge in [0.05, 0.1) is 21.3 Å². The standard InChI is InChI=1S/C28H37Cl2F3N4O2.CH4/c1-27(2)13-18(9-10-39-27)14-36-25-8-7-22(29)26(37-25)21-12-20(34-15-23(21)30)11-17-3-5-19(6-4-17)35-16-24(38)28(31,32)33;/h7-8,12,15,17-19,24,35,38H,3-6,9-11,13-14,16H2,1-2H3,(H,36,37);1H4/t17?,18?,19?,24-;/m0./s1. The molecule has 1 aliphatic heterocycles. The molecule has 2 atom stereocenters. The molecule has 1 aliphatic carbocycles. The number of hydrogen-bond donors (Lipinski definition) is 3. The molecule has 6 nitrogen and oxygen atoms in total. The van der Waals surface area contributed by atoms with Gasteiger partial charge in [-0.15, -0.1) is 0 Å². The minimum Gasteiger partial charge on any atom is -0.382 e. The van der Waals surface area contributed by atoms with Crippen LogP contribution >= 0.6 is 23.2 Å². The van der Waals surface area contributed by atoms with E-state index >= 15 is 0 Å². The Morgan fingerprint density at radius 1 is 1.10 bits per heavy atom. The van der Waals surface area contributed by atoms with Crippen LogP contribution < -0.4 is 10.6 Å². The third-order valence-electron chi connectivity index (χ3n) is 7.71. The second-order valence-electron chi connectivity index (χ2n) is 11.4. The molecule has 0 bridgehead atoms. The molecule has 2 aromatic rings. The molecule has 1 saturated heterocycles. The van der Waals surface area contributed by atoms with Gasteiger partial charge in [0.2, 0.25) is 0 Å². The predicted octanol–water partition coefficient (Wildman–Crippen LogP) is 7.32. The van der Waals surface area contributed by atoms with Gasteiger partial charge in [-0.3, -0.25) is 4.98 Å². The molecule has 2 aromatic heterocycles. The Morgan fingerprint density at radius 3 is 2.50 bits per heavy atom. The van der Waals surface area contributed by atoms with E-state index in [-0.39, 0.29) is 19.1 Å². The lowest BCUT2D eigenvalue weighted by molar-refractivity contribution is -0.202. The number of rotatable bonds is 9. The van der Waals surface area contributed by atoms with Crippen molar-refractivity contribution in [1.82, 2.24) is 15.3 Å². The fourth-order valence-electron chi connectivity index (χ4n) is 5.55. The van der Waals surface area contributed by atoms with Gasteiger partial charge in [-0.25, -0.2) is 4.98 Å². The first-order chi connectivity index (χ1) is 18.4. The first-order valence-electron chi connectivity index (χ1n) is 13.6. The summed E-state index contributed by atoms with van der Waals surface area (Å²) in [4.78, 5) is 9.30. The van der Waals surface area contributed by atoms with Crippen LogP contribution in [0, 0.1) is 11.8 Å². The van der Waals surface area contributed by atoms with Crippen LogP contribution in [0.15, 0.2) is 24.4 Å². The van der Waals surface area contributed by atoms with Crippen molar-refractivity contribution < 1.29 is 23.0 Å². The number of ether oxygens (including phenoxy) is 1.